The van der Waals surface area contributed by atoms with Crippen molar-refractivity contribution in [1.82, 2.24) is 23.7 Å². The van der Waals surface area contributed by atoms with E-state index in [1.807, 2.05) is 0 Å². The zero-order valence-corrected chi connectivity index (χ0v) is 37.7. The van der Waals surface area contributed by atoms with Crippen LogP contribution >= 0.6 is 0 Å². The van der Waals surface area contributed by atoms with E-state index in [1.165, 1.54) is 65.5 Å². The van der Waals surface area contributed by atoms with E-state index in [1.54, 1.807) is 6.33 Å². The van der Waals surface area contributed by atoms with Crippen molar-refractivity contribution in [2.75, 3.05) is 0 Å². The van der Waals surface area contributed by atoms with Gasteiger partial charge in [0.05, 0.1) is 33.1 Å². The summed E-state index contributed by atoms with van der Waals surface area (Å²) in [7, 11) is 0. The molecule has 326 valence electrons. The van der Waals surface area contributed by atoms with E-state index in [0.29, 0.717) is 5.58 Å². The first-order chi connectivity index (χ1) is 34.7. The highest BCUT2D eigenvalue weighted by atomic mass is 16.3. The van der Waals surface area contributed by atoms with Crippen molar-refractivity contribution in [2.45, 2.75) is 0 Å². The highest BCUT2D eigenvalue weighted by Gasteiger charge is 2.20. The maximum Gasteiger partial charge on any atom is 0.180 e. The van der Waals surface area contributed by atoms with Crippen LogP contribution in [-0.2, 0) is 0 Å². The number of hydrogen-bond donors (Lipinski definition) is 0. The highest BCUT2D eigenvalue weighted by molar-refractivity contribution is 6.13. The van der Waals surface area contributed by atoms with Gasteiger partial charge in [-0.2, -0.15) is 0 Å². The normalized spacial score (nSPS) is 12.0. The molecular weight excluding hydrogens is 855 g/mol. The van der Waals surface area contributed by atoms with Gasteiger partial charge in [0.25, 0.3) is 0 Å². The molecule has 0 N–H and O–H groups in total. The average Bonchev–Trinajstić information content (AvgIpc) is 4.17. The van der Waals surface area contributed by atoms with Gasteiger partial charge in [-0.25, -0.2) is 9.97 Å². The van der Waals surface area contributed by atoms with Crippen LogP contribution < -0.4 is 0 Å². The van der Waals surface area contributed by atoms with Gasteiger partial charge in [0.15, 0.2) is 5.58 Å². The Morgan fingerprint density at radius 1 is 0.286 bits per heavy atom. The molecule has 6 nitrogen and oxygen atoms in total. The summed E-state index contributed by atoms with van der Waals surface area (Å²) in [6.07, 6.45) is 1.65. The van der Waals surface area contributed by atoms with E-state index in [0.717, 1.165) is 67.0 Å². The van der Waals surface area contributed by atoms with Crippen LogP contribution in [0, 0.1) is 0 Å². The summed E-state index contributed by atoms with van der Waals surface area (Å²) in [4.78, 5) is 9.54. The number of hydrogen-bond acceptors (Lipinski definition) is 3. The lowest BCUT2D eigenvalue weighted by atomic mass is 10.0. The predicted octanol–water partition coefficient (Wildman–Crippen LogP) is 16.7. The van der Waals surface area contributed by atoms with Gasteiger partial charge < -0.3 is 18.1 Å². The molecule has 0 saturated heterocycles. The molecule has 0 aliphatic carbocycles. The molecule has 6 heteroatoms. The van der Waals surface area contributed by atoms with Gasteiger partial charge in [-0.05, 0) is 107 Å². The Labute approximate surface area is 401 Å². The number of nitrogens with zero attached hydrogens (tertiary/aromatic N) is 5. The molecule has 5 heterocycles. The first kappa shape index (κ1) is 38.6. The quantitative estimate of drug-likeness (QED) is 0.167. The van der Waals surface area contributed by atoms with Gasteiger partial charge in [0, 0.05) is 60.3 Å². The smallest absolute Gasteiger partial charge is 0.180 e. The summed E-state index contributed by atoms with van der Waals surface area (Å²) >= 11 is 0. The molecule has 0 aliphatic rings. The van der Waals surface area contributed by atoms with E-state index >= 15 is 0 Å². The zero-order chi connectivity index (χ0) is 45.9. The molecule has 70 heavy (non-hydrogen) atoms. The average molecular weight is 894 g/mol. The van der Waals surface area contributed by atoms with Crippen LogP contribution in [0.3, 0.4) is 0 Å². The second-order valence-corrected chi connectivity index (χ2v) is 18.2. The Hall–Kier alpha value is -9.52. The van der Waals surface area contributed by atoms with Crippen LogP contribution in [0.5, 0.6) is 0 Å². The second-order valence-electron chi connectivity index (χ2n) is 18.2. The molecule has 0 saturated carbocycles. The third-order valence-corrected chi connectivity index (χ3v) is 14.4. The molecule has 0 amide bonds. The Balaban J connectivity index is 0.769. The van der Waals surface area contributed by atoms with Gasteiger partial charge >= 0.3 is 0 Å². The van der Waals surface area contributed by atoms with Crippen LogP contribution in [-0.4, -0.2) is 23.7 Å². The third kappa shape index (κ3) is 5.74. The molecule has 15 aromatic rings. The number of benzene rings is 10. The number of aromatic nitrogens is 5. The van der Waals surface area contributed by atoms with E-state index in [2.05, 4.69) is 244 Å². The van der Waals surface area contributed by atoms with Gasteiger partial charge in [0.1, 0.15) is 23.1 Å². The van der Waals surface area contributed by atoms with E-state index < -0.39 is 0 Å². The van der Waals surface area contributed by atoms with Crippen LogP contribution in [0.1, 0.15) is 0 Å². The van der Waals surface area contributed by atoms with Crippen LogP contribution in [0.25, 0.3) is 138 Å². The summed E-state index contributed by atoms with van der Waals surface area (Å²) in [5.41, 5.74) is 19.0. The van der Waals surface area contributed by atoms with E-state index in [4.69, 9.17) is 14.4 Å². The summed E-state index contributed by atoms with van der Waals surface area (Å²) < 4.78 is 13.6. The number of fused-ring (bicyclic) bond motifs is 12. The van der Waals surface area contributed by atoms with Crippen LogP contribution in [0.2, 0.25) is 0 Å². The maximum atomic E-state index is 6.55. The Kier molecular flexibility index (Phi) is 8.26. The van der Waals surface area contributed by atoms with Crippen LogP contribution in [0.15, 0.2) is 241 Å². The molecule has 0 bridgehead atoms. The van der Waals surface area contributed by atoms with E-state index in [9.17, 15) is 0 Å². The molecule has 0 radical (unpaired) electrons. The molecule has 15 rings (SSSR count). The van der Waals surface area contributed by atoms with Gasteiger partial charge in [0.2, 0.25) is 0 Å². The molecule has 0 unspecified atom stereocenters. The number of rotatable bonds is 6. The predicted molar refractivity (Wildman–Crippen MR) is 289 cm³/mol. The maximum absolute atomic E-state index is 6.55. The largest absolute Gasteiger partial charge is 0.452 e. The monoisotopic (exact) mass is 893 g/mol. The number of para-hydroxylation sites is 5. The standard InChI is InChI=1S/C64H39N5O/c1-2-12-45(13-3-1)67-58-21-11-7-17-51(58)53-36-43(29-34-59(53)67)44-28-33-52-50-16-6-8-18-55(50)68(60(52)37-44)46-30-26-41(27-31-46)40-22-24-42(25-23-40)62-64-63(66-39-65-62)54-38-47(32-35-61(54)70-64)69-56-19-9-4-14-48(56)49-15-5-10-20-57(49)69/h1-39H. The lowest BCUT2D eigenvalue weighted by molar-refractivity contribution is 0.667. The lowest BCUT2D eigenvalue weighted by Gasteiger charge is -2.11. The van der Waals surface area contributed by atoms with Gasteiger partial charge in [-0.1, -0.05) is 146 Å². The topological polar surface area (TPSA) is 53.7 Å². The minimum absolute atomic E-state index is 0.680. The Morgan fingerprint density at radius 3 is 1.40 bits per heavy atom. The fourth-order valence-electron chi connectivity index (χ4n) is 11.2. The summed E-state index contributed by atoms with van der Waals surface area (Å²) in [5, 5.41) is 8.37. The minimum Gasteiger partial charge on any atom is -0.452 e. The molecule has 0 atom stereocenters. The van der Waals surface area contributed by atoms with Gasteiger partial charge in [-0.15, -0.1) is 0 Å². The van der Waals surface area contributed by atoms with Crippen molar-refractivity contribution >= 4 is 87.5 Å². The first-order valence-electron chi connectivity index (χ1n) is 23.7. The molecule has 0 spiro atoms. The molecule has 10 aromatic carbocycles. The van der Waals surface area contributed by atoms with Crippen molar-refractivity contribution in [1.29, 1.82) is 0 Å². The molecule has 5 aromatic heterocycles. The van der Waals surface area contributed by atoms with Crippen molar-refractivity contribution in [3.05, 3.63) is 237 Å². The first-order valence-corrected chi connectivity index (χ1v) is 23.7. The van der Waals surface area contributed by atoms with Crippen molar-refractivity contribution < 1.29 is 4.42 Å². The zero-order valence-electron chi connectivity index (χ0n) is 37.7. The van der Waals surface area contributed by atoms with Crippen molar-refractivity contribution in [2.24, 2.45) is 0 Å². The Morgan fingerprint density at radius 2 is 0.743 bits per heavy atom. The second kappa shape index (κ2) is 15.0. The fraction of sp³-hybridized carbons (Fsp3) is 0. The van der Waals surface area contributed by atoms with Crippen LogP contribution in [0.4, 0.5) is 0 Å². The summed E-state index contributed by atoms with van der Waals surface area (Å²) in [5.74, 6) is 0. The highest BCUT2D eigenvalue weighted by Crippen LogP contribution is 2.40. The summed E-state index contributed by atoms with van der Waals surface area (Å²) in [6.45, 7) is 0. The minimum atomic E-state index is 0.680. The molecule has 0 aliphatic heterocycles. The SMILES string of the molecule is c1ccc(-n2c3ccccc3c3cc(-c4ccc5c6ccccc6n(-c6ccc(-c7ccc(-c8ncnc9c8oc8ccc(-n%10c%11ccccc%11c%11ccccc%11%10)cc89)cc7)cc6)c5c4)ccc32)cc1. The molecular formula is C64H39N5O. The lowest BCUT2D eigenvalue weighted by Crippen LogP contribution is -1.94. The van der Waals surface area contributed by atoms with Crippen molar-refractivity contribution in [3.63, 3.8) is 0 Å². The van der Waals surface area contributed by atoms with Crippen molar-refractivity contribution in [3.8, 4) is 50.6 Å². The molecule has 0 fully saturated rings. The van der Waals surface area contributed by atoms with Gasteiger partial charge in [-0.3, -0.25) is 0 Å². The third-order valence-electron chi connectivity index (χ3n) is 14.4. The van der Waals surface area contributed by atoms with E-state index in [-0.39, 0.29) is 0 Å². The Bertz CT molecular complexity index is 4520. The summed E-state index contributed by atoms with van der Waals surface area (Å²) in [6, 6.07) is 82.9. The number of furan rings is 1. The fourth-order valence-corrected chi connectivity index (χ4v) is 11.2.